The molecule has 1 aromatic carbocycles. The van der Waals surface area contributed by atoms with Gasteiger partial charge in [-0.1, -0.05) is 23.2 Å². The topological polar surface area (TPSA) is 72.9 Å². The third-order valence-corrected chi connectivity index (χ3v) is 4.00. The molecule has 1 heterocycles. The lowest BCUT2D eigenvalue weighted by Crippen LogP contribution is -2.52. The SMILES string of the molecule is O=C(Nc1ccc(Cl)cc1Cl)C(=O)N1CCN(CCO)CC1. The van der Waals surface area contributed by atoms with Gasteiger partial charge in [0, 0.05) is 37.7 Å². The van der Waals surface area contributed by atoms with Crippen molar-refractivity contribution in [3.8, 4) is 0 Å². The average molecular weight is 346 g/mol. The number of carbonyl (C=O) groups is 2. The molecule has 6 nitrogen and oxygen atoms in total. The normalized spacial score (nSPS) is 15.7. The van der Waals surface area contributed by atoms with Crippen molar-refractivity contribution in [1.29, 1.82) is 0 Å². The Morgan fingerprint density at radius 1 is 1.18 bits per heavy atom. The van der Waals surface area contributed by atoms with Gasteiger partial charge in [-0.05, 0) is 18.2 Å². The Morgan fingerprint density at radius 3 is 2.45 bits per heavy atom. The van der Waals surface area contributed by atoms with Crippen LogP contribution >= 0.6 is 23.2 Å². The number of nitrogens with zero attached hydrogens (tertiary/aromatic N) is 2. The number of hydrogen-bond acceptors (Lipinski definition) is 4. The minimum atomic E-state index is -0.722. The minimum Gasteiger partial charge on any atom is -0.395 e. The summed E-state index contributed by atoms with van der Waals surface area (Å²) in [7, 11) is 0. The molecule has 0 saturated carbocycles. The summed E-state index contributed by atoms with van der Waals surface area (Å²) in [5.74, 6) is -1.31. The summed E-state index contributed by atoms with van der Waals surface area (Å²) in [4.78, 5) is 27.7. The number of aliphatic hydroxyl groups excluding tert-OH is 1. The van der Waals surface area contributed by atoms with Crippen LogP contribution in [-0.4, -0.2) is 66.1 Å². The number of anilines is 1. The molecule has 1 saturated heterocycles. The highest BCUT2D eigenvalue weighted by molar-refractivity contribution is 6.42. The first-order valence-electron chi connectivity index (χ1n) is 6.90. The van der Waals surface area contributed by atoms with E-state index >= 15 is 0 Å². The van der Waals surface area contributed by atoms with Gasteiger partial charge in [0.1, 0.15) is 0 Å². The molecule has 120 valence electrons. The summed E-state index contributed by atoms with van der Waals surface area (Å²) < 4.78 is 0. The van der Waals surface area contributed by atoms with E-state index in [0.29, 0.717) is 43.4 Å². The molecule has 1 aliphatic heterocycles. The average Bonchev–Trinajstić information content (AvgIpc) is 2.50. The first-order valence-corrected chi connectivity index (χ1v) is 7.65. The van der Waals surface area contributed by atoms with Gasteiger partial charge in [0.25, 0.3) is 0 Å². The molecule has 8 heteroatoms. The van der Waals surface area contributed by atoms with Crippen molar-refractivity contribution >= 4 is 40.7 Å². The quantitative estimate of drug-likeness (QED) is 0.803. The highest BCUT2D eigenvalue weighted by Gasteiger charge is 2.26. The Hall–Kier alpha value is -1.34. The van der Waals surface area contributed by atoms with E-state index in [4.69, 9.17) is 28.3 Å². The van der Waals surface area contributed by atoms with E-state index in [9.17, 15) is 9.59 Å². The molecule has 2 N–H and O–H groups in total. The number of halogens is 2. The number of rotatable bonds is 3. The summed E-state index contributed by atoms with van der Waals surface area (Å²) in [5.41, 5.74) is 0.350. The second kappa shape index (κ2) is 7.78. The highest BCUT2D eigenvalue weighted by Crippen LogP contribution is 2.25. The molecular formula is C14H17Cl2N3O3. The van der Waals surface area contributed by atoms with Gasteiger partial charge >= 0.3 is 11.8 Å². The fraction of sp³-hybridized carbons (Fsp3) is 0.429. The second-order valence-electron chi connectivity index (χ2n) is 4.94. The van der Waals surface area contributed by atoms with Crippen LogP contribution in [0.4, 0.5) is 5.69 Å². The van der Waals surface area contributed by atoms with Crippen molar-refractivity contribution in [2.45, 2.75) is 0 Å². The molecule has 1 aliphatic rings. The van der Waals surface area contributed by atoms with Crippen LogP contribution in [0.2, 0.25) is 10.0 Å². The maximum Gasteiger partial charge on any atom is 0.313 e. The summed E-state index contributed by atoms with van der Waals surface area (Å²) in [6.45, 7) is 2.86. The number of aliphatic hydroxyl groups is 1. The molecule has 1 fully saturated rings. The summed E-state index contributed by atoms with van der Waals surface area (Å²) in [6, 6.07) is 4.63. The lowest BCUT2D eigenvalue weighted by molar-refractivity contribution is -0.144. The van der Waals surface area contributed by atoms with Crippen molar-refractivity contribution < 1.29 is 14.7 Å². The maximum atomic E-state index is 12.1. The number of piperazine rings is 1. The predicted molar refractivity (Wildman–Crippen MR) is 85.2 cm³/mol. The van der Waals surface area contributed by atoms with Gasteiger partial charge in [-0.25, -0.2) is 0 Å². The molecule has 0 radical (unpaired) electrons. The van der Waals surface area contributed by atoms with Crippen LogP contribution in [0.3, 0.4) is 0 Å². The van der Waals surface area contributed by atoms with Crippen LogP contribution in [0, 0.1) is 0 Å². The molecule has 0 spiro atoms. The van der Waals surface area contributed by atoms with Gasteiger partial charge in [0.15, 0.2) is 0 Å². The highest BCUT2D eigenvalue weighted by atomic mass is 35.5. The van der Waals surface area contributed by atoms with E-state index in [1.54, 1.807) is 12.1 Å². The standard InChI is InChI=1S/C14H17Cl2N3O3/c15-10-1-2-12(11(16)9-10)17-13(21)14(22)19-5-3-18(4-6-19)7-8-20/h1-2,9,20H,3-8H2,(H,17,21). The molecule has 1 aromatic rings. The third-order valence-electron chi connectivity index (χ3n) is 3.45. The molecule has 0 aromatic heterocycles. The van der Waals surface area contributed by atoms with Crippen LogP contribution in [0.15, 0.2) is 18.2 Å². The number of hydrogen-bond donors (Lipinski definition) is 2. The van der Waals surface area contributed by atoms with Gasteiger partial charge in [0.2, 0.25) is 0 Å². The molecule has 2 amide bonds. The number of benzene rings is 1. The minimum absolute atomic E-state index is 0.0868. The summed E-state index contributed by atoms with van der Waals surface area (Å²) in [5, 5.41) is 12.1. The Bertz CT molecular complexity index is 560. The maximum absolute atomic E-state index is 12.1. The molecule has 0 atom stereocenters. The van der Waals surface area contributed by atoms with Gasteiger partial charge in [-0.15, -0.1) is 0 Å². The van der Waals surface area contributed by atoms with Crippen LogP contribution in [0.1, 0.15) is 0 Å². The zero-order chi connectivity index (χ0) is 16.1. The Balaban J connectivity index is 1.91. The Morgan fingerprint density at radius 2 is 1.86 bits per heavy atom. The van der Waals surface area contributed by atoms with Gasteiger partial charge in [0.05, 0.1) is 17.3 Å². The summed E-state index contributed by atoms with van der Waals surface area (Å²) >= 11 is 11.7. The van der Waals surface area contributed by atoms with Crippen LogP contribution in [-0.2, 0) is 9.59 Å². The van der Waals surface area contributed by atoms with Gasteiger partial charge < -0.3 is 15.3 Å². The summed E-state index contributed by atoms with van der Waals surface area (Å²) in [6.07, 6.45) is 0. The van der Waals surface area contributed by atoms with Crippen molar-refractivity contribution in [1.82, 2.24) is 9.80 Å². The predicted octanol–water partition coefficient (Wildman–Crippen LogP) is 1.07. The van der Waals surface area contributed by atoms with Crippen LogP contribution in [0.25, 0.3) is 0 Å². The van der Waals surface area contributed by atoms with E-state index in [2.05, 4.69) is 5.32 Å². The van der Waals surface area contributed by atoms with Crippen molar-refractivity contribution in [3.63, 3.8) is 0 Å². The molecule has 0 aliphatic carbocycles. The first-order chi connectivity index (χ1) is 10.5. The zero-order valence-corrected chi connectivity index (χ0v) is 13.4. The number of amides is 2. The largest absolute Gasteiger partial charge is 0.395 e. The number of nitrogens with one attached hydrogen (secondary N) is 1. The first kappa shape index (κ1) is 17.0. The van der Waals surface area contributed by atoms with E-state index in [1.807, 2.05) is 4.90 Å². The van der Waals surface area contributed by atoms with E-state index in [1.165, 1.54) is 11.0 Å². The van der Waals surface area contributed by atoms with Crippen LogP contribution in [0.5, 0.6) is 0 Å². The van der Waals surface area contributed by atoms with E-state index in [0.717, 1.165) is 0 Å². The van der Waals surface area contributed by atoms with Crippen molar-refractivity contribution in [3.05, 3.63) is 28.2 Å². The lowest BCUT2D eigenvalue weighted by Gasteiger charge is -2.33. The lowest BCUT2D eigenvalue weighted by atomic mass is 10.3. The fourth-order valence-electron chi connectivity index (χ4n) is 2.23. The Kier molecular flexibility index (Phi) is 6.02. The van der Waals surface area contributed by atoms with E-state index in [-0.39, 0.29) is 11.6 Å². The smallest absolute Gasteiger partial charge is 0.313 e. The monoisotopic (exact) mass is 345 g/mol. The van der Waals surface area contributed by atoms with Crippen LogP contribution < -0.4 is 5.32 Å². The molecule has 0 unspecified atom stereocenters. The van der Waals surface area contributed by atoms with Crippen molar-refractivity contribution in [2.24, 2.45) is 0 Å². The number of carbonyl (C=O) groups excluding carboxylic acids is 2. The third kappa shape index (κ3) is 4.33. The van der Waals surface area contributed by atoms with Gasteiger partial charge in [-0.2, -0.15) is 0 Å². The van der Waals surface area contributed by atoms with Crippen molar-refractivity contribution in [2.75, 3.05) is 44.6 Å². The molecule has 0 bridgehead atoms. The van der Waals surface area contributed by atoms with E-state index < -0.39 is 11.8 Å². The fourth-order valence-corrected chi connectivity index (χ4v) is 2.68. The molecule has 22 heavy (non-hydrogen) atoms. The van der Waals surface area contributed by atoms with Gasteiger partial charge in [-0.3, -0.25) is 14.5 Å². The molecule has 2 rings (SSSR count). The Labute approximate surface area is 138 Å². The zero-order valence-electron chi connectivity index (χ0n) is 11.9. The second-order valence-corrected chi connectivity index (χ2v) is 5.78. The molecular weight excluding hydrogens is 329 g/mol. The number of β-amino-alcohol motifs (C(OH)–C–C–N with tert-alkyl or cyclic N) is 1.